The summed E-state index contributed by atoms with van der Waals surface area (Å²) < 4.78 is 0.846. The van der Waals surface area contributed by atoms with Crippen LogP contribution in [-0.4, -0.2) is 54.9 Å². The van der Waals surface area contributed by atoms with Gasteiger partial charge in [-0.15, -0.1) is 0 Å². The Hall–Kier alpha value is 0.270. The third kappa shape index (κ3) is 14.2. The molecule has 0 radical (unpaired) electrons. The highest BCUT2D eigenvalue weighted by molar-refractivity contribution is 7.99. The summed E-state index contributed by atoms with van der Waals surface area (Å²) in [5.41, 5.74) is 0. The van der Waals surface area contributed by atoms with Crippen LogP contribution in [0.2, 0.25) is 0 Å². The van der Waals surface area contributed by atoms with Crippen LogP contribution in [0, 0.1) is 0 Å². The number of hydrogen-bond acceptors (Lipinski definition) is 2. The first-order valence-electron chi connectivity index (χ1n) is 7.02. The number of quaternary nitrogens is 1. The monoisotopic (exact) mass is 262 g/mol. The summed E-state index contributed by atoms with van der Waals surface area (Å²) in [6.07, 6.45) is 8.01. The van der Waals surface area contributed by atoms with Crippen molar-refractivity contribution in [3.05, 3.63) is 0 Å². The number of rotatable bonds is 11. The summed E-state index contributed by atoms with van der Waals surface area (Å²) in [5.74, 6) is 2.10. The highest BCUT2D eigenvalue weighted by Crippen LogP contribution is 2.11. The number of unbranched alkanes of at least 4 members (excludes halogenated alkanes) is 5. The van der Waals surface area contributed by atoms with E-state index >= 15 is 0 Å². The molecule has 0 aliphatic carbocycles. The maximum Gasteiger partial charge on any atom is 0.112 e. The molecule has 0 heterocycles. The van der Waals surface area contributed by atoms with Crippen molar-refractivity contribution in [2.24, 2.45) is 0 Å². The molecule has 0 amide bonds. The van der Waals surface area contributed by atoms with Crippen molar-refractivity contribution in [2.75, 3.05) is 39.2 Å². The first-order chi connectivity index (χ1) is 7.95. The molecule has 0 fully saturated rings. The van der Waals surface area contributed by atoms with Crippen LogP contribution in [0.5, 0.6) is 0 Å². The highest BCUT2D eigenvalue weighted by atomic mass is 32.2. The SMILES string of the molecule is CCCCCCCCSCC(O)C[N+](C)(C)C. The molecule has 0 aromatic rings. The highest BCUT2D eigenvalue weighted by Gasteiger charge is 2.14. The molecule has 1 atom stereocenters. The van der Waals surface area contributed by atoms with Gasteiger partial charge in [0.05, 0.1) is 21.1 Å². The van der Waals surface area contributed by atoms with Gasteiger partial charge in [-0.3, -0.25) is 0 Å². The van der Waals surface area contributed by atoms with Crippen LogP contribution in [0.3, 0.4) is 0 Å². The number of hydrogen-bond donors (Lipinski definition) is 1. The third-order valence-corrected chi connectivity index (χ3v) is 3.91. The van der Waals surface area contributed by atoms with E-state index in [2.05, 4.69) is 28.1 Å². The molecule has 2 nitrogen and oxygen atoms in total. The Morgan fingerprint density at radius 2 is 1.59 bits per heavy atom. The van der Waals surface area contributed by atoms with Crippen LogP contribution in [0.1, 0.15) is 45.4 Å². The fraction of sp³-hybridized carbons (Fsp3) is 1.00. The van der Waals surface area contributed by atoms with Crippen molar-refractivity contribution in [1.82, 2.24) is 0 Å². The van der Waals surface area contributed by atoms with Crippen molar-refractivity contribution in [1.29, 1.82) is 0 Å². The maximum absolute atomic E-state index is 9.82. The maximum atomic E-state index is 9.82. The predicted octanol–water partition coefficient (Wildman–Crippen LogP) is 3.15. The molecule has 3 heteroatoms. The van der Waals surface area contributed by atoms with Crippen molar-refractivity contribution in [3.8, 4) is 0 Å². The Bertz CT molecular complexity index is 168. The largest absolute Gasteiger partial charge is 0.386 e. The minimum atomic E-state index is -0.153. The molecule has 0 spiro atoms. The molecule has 17 heavy (non-hydrogen) atoms. The summed E-state index contributed by atoms with van der Waals surface area (Å²) in [7, 11) is 6.38. The quantitative estimate of drug-likeness (QED) is 0.456. The van der Waals surface area contributed by atoms with Gasteiger partial charge in [0.1, 0.15) is 12.6 Å². The molecule has 0 saturated heterocycles. The fourth-order valence-electron chi connectivity index (χ4n) is 1.89. The lowest BCUT2D eigenvalue weighted by Crippen LogP contribution is -2.42. The number of aliphatic hydroxyl groups is 1. The Morgan fingerprint density at radius 3 is 2.18 bits per heavy atom. The molecule has 0 aromatic carbocycles. The van der Waals surface area contributed by atoms with Crippen LogP contribution < -0.4 is 0 Å². The summed E-state index contributed by atoms with van der Waals surface area (Å²) >= 11 is 1.91. The van der Waals surface area contributed by atoms with Gasteiger partial charge < -0.3 is 9.59 Å². The number of nitrogens with zero attached hydrogens (tertiary/aromatic N) is 1. The van der Waals surface area contributed by atoms with Gasteiger partial charge in [-0.2, -0.15) is 11.8 Å². The second-order valence-electron chi connectivity index (χ2n) is 5.97. The normalized spacial score (nSPS) is 13.9. The Labute approximate surface area is 112 Å². The zero-order valence-corrected chi connectivity index (χ0v) is 13.1. The van der Waals surface area contributed by atoms with Gasteiger partial charge in [0.15, 0.2) is 0 Å². The first-order valence-corrected chi connectivity index (χ1v) is 8.17. The van der Waals surface area contributed by atoms with Crippen LogP contribution in [0.25, 0.3) is 0 Å². The first kappa shape index (κ1) is 17.3. The Kier molecular flexibility index (Phi) is 10.4. The van der Waals surface area contributed by atoms with E-state index in [4.69, 9.17) is 0 Å². The van der Waals surface area contributed by atoms with E-state index in [1.807, 2.05) is 11.8 Å². The van der Waals surface area contributed by atoms with E-state index in [-0.39, 0.29) is 6.10 Å². The van der Waals surface area contributed by atoms with E-state index in [9.17, 15) is 5.11 Å². The van der Waals surface area contributed by atoms with Crippen LogP contribution >= 0.6 is 11.8 Å². The van der Waals surface area contributed by atoms with Crippen molar-refractivity contribution < 1.29 is 9.59 Å². The molecule has 1 unspecified atom stereocenters. The zero-order valence-electron chi connectivity index (χ0n) is 12.2. The molecular formula is C14H32NOS+. The van der Waals surface area contributed by atoms with Gasteiger partial charge in [0.25, 0.3) is 0 Å². The standard InChI is InChI=1S/C14H32NOS/c1-5-6-7-8-9-10-11-17-13-14(16)12-15(2,3)4/h14,16H,5-13H2,1-4H3/q+1. The minimum absolute atomic E-state index is 0.153. The van der Waals surface area contributed by atoms with Gasteiger partial charge in [0.2, 0.25) is 0 Å². The lowest BCUT2D eigenvalue weighted by Gasteiger charge is -2.26. The van der Waals surface area contributed by atoms with Crippen molar-refractivity contribution >= 4 is 11.8 Å². The number of aliphatic hydroxyl groups excluding tert-OH is 1. The Morgan fingerprint density at radius 1 is 1.00 bits per heavy atom. The van der Waals surface area contributed by atoms with E-state index in [0.29, 0.717) is 0 Å². The second kappa shape index (κ2) is 10.2. The van der Waals surface area contributed by atoms with Crippen LogP contribution in [-0.2, 0) is 0 Å². The summed E-state index contributed by atoms with van der Waals surface area (Å²) in [4.78, 5) is 0. The summed E-state index contributed by atoms with van der Waals surface area (Å²) in [6.45, 7) is 3.11. The molecule has 0 aliphatic rings. The molecule has 0 bridgehead atoms. The van der Waals surface area contributed by atoms with Gasteiger partial charge in [-0.05, 0) is 12.2 Å². The smallest absolute Gasteiger partial charge is 0.112 e. The topological polar surface area (TPSA) is 20.2 Å². The molecule has 0 aromatic heterocycles. The molecule has 104 valence electrons. The van der Waals surface area contributed by atoms with Gasteiger partial charge in [-0.1, -0.05) is 39.0 Å². The van der Waals surface area contributed by atoms with Crippen LogP contribution in [0.15, 0.2) is 0 Å². The van der Waals surface area contributed by atoms with Gasteiger partial charge in [0, 0.05) is 5.75 Å². The predicted molar refractivity (Wildman–Crippen MR) is 79.6 cm³/mol. The minimum Gasteiger partial charge on any atom is -0.386 e. The van der Waals surface area contributed by atoms with E-state index in [0.717, 1.165) is 16.8 Å². The zero-order chi connectivity index (χ0) is 13.1. The van der Waals surface area contributed by atoms with Crippen molar-refractivity contribution in [3.63, 3.8) is 0 Å². The summed E-state index contributed by atoms with van der Waals surface area (Å²) in [6, 6.07) is 0. The van der Waals surface area contributed by atoms with E-state index < -0.39 is 0 Å². The van der Waals surface area contributed by atoms with Crippen molar-refractivity contribution in [2.45, 2.75) is 51.6 Å². The molecule has 0 aliphatic heterocycles. The number of likely N-dealkylation sites (N-methyl/N-ethyl adjacent to an activating group) is 1. The Balaban J connectivity index is 3.22. The molecule has 0 rings (SSSR count). The molecule has 0 saturated carbocycles. The molecule has 1 N–H and O–H groups in total. The third-order valence-electron chi connectivity index (χ3n) is 2.71. The number of thioether (sulfide) groups is 1. The lowest BCUT2D eigenvalue weighted by molar-refractivity contribution is -0.873. The van der Waals surface area contributed by atoms with E-state index in [1.165, 1.54) is 44.3 Å². The summed E-state index contributed by atoms with van der Waals surface area (Å²) in [5, 5.41) is 9.82. The fourth-order valence-corrected chi connectivity index (χ4v) is 2.84. The average molecular weight is 262 g/mol. The van der Waals surface area contributed by atoms with Crippen LogP contribution in [0.4, 0.5) is 0 Å². The second-order valence-corrected chi connectivity index (χ2v) is 7.12. The molecular weight excluding hydrogens is 230 g/mol. The lowest BCUT2D eigenvalue weighted by atomic mass is 10.1. The van der Waals surface area contributed by atoms with Gasteiger partial charge in [-0.25, -0.2) is 0 Å². The van der Waals surface area contributed by atoms with Gasteiger partial charge >= 0.3 is 0 Å². The van der Waals surface area contributed by atoms with E-state index in [1.54, 1.807) is 0 Å². The average Bonchev–Trinajstić information content (AvgIpc) is 2.19.